The lowest BCUT2D eigenvalue weighted by atomic mass is 10.2. The largest absolute Gasteiger partial charge is 0.376 e. The maximum absolute atomic E-state index is 5.98. The summed E-state index contributed by atoms with van der Waals surface area (Å²) in [6.45, 7) is 3.76. The topological polar surface area (TPSA) is 53.1 Å². The van der Waals surface area contributed by atoms with Crippen LogP contribution in [0.25, 0.3) is 11.0 Å². The Bertz CT molecular complexity index is 541. The predicted octanol–water partition coefficient (Wildman–Crippen LogP) is 2.11. The van der Waals surface area contributed by atoms with Crippen molar-refractivity contribution in [1.82, 2.24) is 9.55 Å². The molecule has 1 aromatic heterocycles. The van der Waals surface area contributed by atoms with Crippen LogP contribution in [0.1, 0.15) is 18.4 Å². The van der Waals surface area contributed by atoms with Crippen molar-refractivity contribution in [3.05, 3.63) is 23.8 Å². The molecule has 0 aliphatic carbocycles. The molecule has 1 saturated heterocycles. The molecule has 1 aliphatic rings. The van der Waals surface area contributed by atoms with Crippen LogP contribution < -0.4 is 5.73 Å². The highest BCUT2D eigenvalue weighted by Gasteiger charge is 2.18. The summed E-state index contributed by atoms with van der Waals surface area (Å²) in [5.74, 6) is 0.584. The van der Waals surface area contributed by atoms with Gasteiger partial charge in [0.1, 0.15) is 0 Å². The van der Waals surface area contributed by atoms with E-state index in [1.807, 2.05) is 6.07 Å². The zero-order chi connectivity index (χ0) is 11.8. The van der Waals surface area contributed by atoms with Gasteiger partial charge in [-0.3, -0.25) is 0 Å². The third kappa shape index (κ3) is 1.89. The van der Waals surface area contributed by atoms with Crippen LogP contribution in [0.5, 0.6) is 0 Å². The number of aromatic nitrogens is 2. The fourth-order valence-corrected chi connectivity index (χ4v) is 2.44. The monoisotopic (exact) mass is 231 g/mol. The number of rotatable bonds is 2. The van der Waals surface area contributed by atoms with Crippen LogP contribution in [0.15, 0.2) is 18.2 Å². The molecular formula is C13H17N3O. The number of anilines is 1. The molecule has 90 valence electrons. The van der Waals surface area contributed by atoms with Crippen molar-refractivity contribution in [3.63, 3.8) is 0 Å². The SMILES string of the molecule is Cc1ccc2nc(N)n(CC3CCCO3)c2c1. The Labute approximate surface area is 100 Å². The van der Waals surface area contributed by atoms with Crippen LogP contribution in [0.4, 0.5) is 5.95 Å². The Morgan fingerprint density at radius 3 is 3.18 bits per heavy atom. The summed E-state index contributed by atoms with van der Waals surface area (Å²) < 4.78 is 7.72. The zero-order valence-corrected chi connectivity index (χ0v) is 10.0. The minimum Gasteiger partial charge on any atom is -0.376 e. The van der Waals surface area contributed by atoms with Crippen molar-refractivity contribution < 1.29 is 4.74 Å². The lowest BCUT2D eigenvalue weighted by Gasteiger charge is -2.12. The second-order valence-electron chi connectivity index (χ2n) is 4.71. The van der Waals surface area contributed by atoms with Crippen molar-refractivity contribution in [2.75, 3.05) is 12.3 Å². The van der Waals surface area contributed by atoms with Gasteiger partial charge in [-0.1, -0.05) is 6.07 Å². The Morgan fingerprint density at radius 1 is 1.53 bits per heavy atom. The Kier molecular flexibility index (Phi) is 2.52. The lowest BCUT2D eigenvalue weighted by molar-refractivity contribution is 0.0984. The molecule has 2 aromatic rings. The number of nitrogen functional groups attached to an aromatic ring is 1. The minimum atomic E-state index is 0.287. The fraction of sp³-hybridized carbons (Fsp3) is 0.462. The van der Waals surface area contributed by atoms with Gasteiger partial charge < -0.3 is 15.0 Å². The van der Waals surface area contributed by atoms with Crippen molar-refractivity contribution in [2.24, 2.45) is 0 Å². The first-order chi connectivity index (χ1) is 8.24. The van der Waals surface area contributed by atoms with Crippen LogP contribution in [0, 0.1) is 6.92 Å². The molecule has 0 bridgehead atoms. The first-order valence-electron chi connectivity index (χ1n) is 6.08. The molecule has 1 aliphatic heterocycles. The molecule has 0 spiro atoms. The highest BCUT2D eigenvalue weighted by atomic mass is 16.5. The van der Waals surface area contributed by atoms with Gasteiger partial charge in [-0.15, -0.1) is 0 Å². The minimum absolute atomic E-state index is 0.287. The summed E-state index contributed by atoms with van der Waals surface area (Å²) in [5.41, 5.74) is 9.28. The predicted molar refractivity (Wildman–Crippen MR) is 67.9 cm³/mol. The lowest BCUT2D eigenvalue weighted by Crippen LogP contribution is -2.16. The normalized spacial score (nSPS) is 20.2. The van der Waals surface area contributed by atoms with Crippen LogP contribution >= 0.6 is 0 Å². The average molecular weight is 231 g/mol. The molecule has 4 heteroatoms. The van der Waals surface area contributed by atoms with Crippen molar-refractivity contribution in [1.29, 1.82) is 0 Å². The molecule has 1 atom stereocenters. The molecule has 4 nitrogen and oxygen atoms in total. The van der Waals surface area contributed by atoms with Crippen molar-refractivity contribution >= 4 is 17.0 Å². The maximum Gasteiger partial charge on any atom is 0.201 e. The van der Waals surface area contributed by atoms with Gasteiger partial charge in [0.25, 0.3) is 0 Å². The van der Waals surface area contributed by atoms with E-state index in [0.717, 1.165) is 37.0 Å². The van der Waals surface area contributed by atoms with Crippen LogP contribution in [-0.2, 0) is 11.3 Å². The maximum atomic E-state index is 5.98. The summed E-state index contributed by atoms with van der Waals surface area (Å²) in [6, 6.07) is 6.21. The third-order valence-corrected chi connectivity index (χ3v) is 3.34. The molecule has 0 amide bonds. The summed E-state index contributed by atoms with van der Waals surface area (Å²) in [7, 11) is 0. The van der Waals surface area contributed by atoms with Gasteiger partial charge in [0.15, 0.2) is 0 Å². The van der Waals surface area contributed by atoms with Gasteiger partial charge >= 0.3 is 0 Å². The van der Waals surface area contributed by atoms with E-state index in [0.29, 0.717) is 5.95 Å². The molecule has 1 fully saturated rings. The van der Waals surface area contributed by atoms with Gasteiger partial charge in [0.05, 0.1) is 23.7 Å². The highest BCUT2D eigenvalue weighted by molar-refractivity contribution is 5.79. The van der Waals surface area contributed by atoms with Crippen LogP contribution in [0.3, 0.4) is 0 Å². The number of hydrogen-bond donors (Lipinski definition) is 1. The molecule has 1 unspecified atom stereocenters. The van der Waals surface area contributed by atoms with Gasteiger partial charge in [-0.25, -0.2) is 4.98 Å². The second-order valence-corrected chi connectivity index (χ2v) is 4.71. The molecule has 2 heterocycles. The Hall–Kier alpha value is -1.55. The molecule has 1 aromatic carbocycles. The van der Waals surface area contributed by atoms with E-state index in [4.69, 9.17) is 10.5 Å². The number of aryl methyl sites for hydroxylation is 1. The molecular weight excluding hydrogens is 214 g/mol. The smallest absolute Gasteiger partial charge is 0.201 e. The van der Waals surface area contributed by atoms with Crippen molar-refractivity contribution in [2.45, 2.75) is 32.4 Å². The Balaban J connectivity index is 2.01. The number of hydrogen-bond acceptors (Lipinski definition) is 3. The van der Waals surface area contributed by atoms with E-state index in [-0.39, 0.29) is 6.10 Å². The van der Waals surface area contributed by atoms with E-state index in [9.17, 15) is 0 Å². The van der Waals surface area contributed by atoms with Crippen LogP contribution in [0.2, 0.25) is 0 Å². The number of fused-ring (bicyclic) bond motifs is 1. The van der Waals surface area contributed by atoms with Crippen LogP contribution in [-0.4, -0.2) is 22.3 Å². The average Bonchev–Trinajstić information content (AvgIpc) is 2.90. The molecule has 0 radical (unpaired) electrons. The van der Waals surface area contributed by atoms with E-state index >= 15 is 0 Å². The number of nitrogens with two attached hydrogens (primary N) is 1. The number of ether oxygens (including phenoxy) is 1. The zero-order valence-electron chi connectivity index (χ0n) is 10.0. The fourth-order valence-electron chi connectivity index (χ4n) is 2.44. The number of benzene rings is 1. The van der Waals surface area contributed by atoms with Gasteiger partial charge in [-0.2, -0.15) is 0 Å². The summed E-state index contributed by atoms with van der Waals surface area (Å²) >= 11 is 0. The highest BCUT2D eigenvalue weighted by Crippen LogP contribution is 2.22. The molecule has 0 saturated carbocycles. The summed E-state index contributed by atoms with van der Waals surface area (Å²) in [6.07, 6.45) is 2.55. The third-order valence-electron chi connectivity index (χ3n) is 3.34. The summed E-state index contributed by atoms with van der Waals surface area (Å²) in [5, 5.41) is 0. The quantitative estimate of drug-likeness (QED) is 0.861. The van der Waals surface area contributed by atoms with E-state index in [2.05, 4.69) is 28.6 Å². The molecule has 17 heavy (non-hydrogen) atoms. The second kappa shape index (κ2) is 4.04. The van der Waals surface area contributed by atoms with Gasteiger partial charge in [-0.05, 0) is 37.5 Å². The van der Waals surface area contributed by atoms with Gasteiger partial charge in [0.2, 0.25) is 5.95 Å². The standard InChI is InChI=1S/C13H17N3O/c1-9-4-5-11-12(7-9)16(13(14)15-11)8-10-3-2-6-17-10/h4-5,7,10H,2-3,6,8H2,1H3,(H2,14,15). The Morgan fingerprint density at radius 2 is 2.41 bits per heavy atom. The number of nitrogens with zero attached hydrogens (tertiary/aromatic N) is 2. The van der Waals surface area contributed by atoms with E-state index in [1.165, 1.54) is 5.56 Å². The number of imidazole rings is 1. The van der Waals surface area contributed by atoms with E-state index < -0.39 is 0 Å². The van der Waals surface area contributed by atoms with E-state index in [1.54, 1.807) is 0 Å². The summed E-state index contributed by atoms with van der Waals surface area (Å²) in [4.78, 5) is 4.38. The molecule has 2 N–H and O–H groups in total. The first-order valence-corrected chi connectivity index (χ1v) is 6.08. The molecule has 3 rings (SSSR count). The van der Waals surface area contributed by atoms with Crippen molar-refractivity contribution in [3.8, 4) is 0 Å². The van der Waals surface area contributed by atoms with Gasteiger partial charge in [0, 0.05) is 6.61 Å². The first kappa shape index (κ1) is 10.6.